The van der Waals surface area contributed by atoms with Crippen molar-refractivity contribution in [2.75, 3.05) is 19.8 Å². The Morgan fingerprint density at radius 1 is 1.31 bits per heavy atom. The number of carbonyl (C=O) groups excluding carboxylic acids is 1. The van der Waals surface area contributed by atoms with Gasteiger partial charge in [0.05, 0.1) is 6.61 Å². The van der Waals surface area contributed by atoms with E-state index in [2.05, 4.69) is 5.32 Å². The Hall–Kier alpha value is -1.10. The third-order valence-corrected chi connectivity index (χ3v) is 2.42. The molecule has 1 fully saturated rings. The molecule has 0 aromatic carbocycles. The molecule has 0 atom stereocenters. The van der Waals surface area contributed by atoms with E-state index < -0.39 is 5.97 Å². The average Bonchev–Trinajstić information content (AvgIpc) is 3.00. The molecule has 92 valence electrons. The SMILES string of the molecule is O=C(O)CCCCNC(=O)COCC1CC1. The van der Waals surface area contributed by atoms with E-state index in [-0.39, 0.29) is 18.9 Å². The predicted octanol–water partition coefficient (Wildman–Crippen LogP) is 0.784. The molecular formula is C11H19NO4. The van der Waals surface area contributed by atoms with Crippen molar-refractivity contribution in [1.82, 2.24) is 5.32 Å². The summed E-state index contributed by atoms with van der Waals surface area (Å²) in [5.74, 6) is -0.238. The van der Waals surface area contributed by atoms with Gasteiger partial charge in [-0.3, -0.25) is 9.59 Å². The molecule has 0 aromatic heterocycles. The van der Waals surface area contributed by atoms with Crippen LogP contribution in [-0.2, 0) is 14.3 Å². The minimum atomic E-state index is -0.793. The molecule has 1 amide bonds. The Morgan fingerprint density at radius 2 is 2.06 bits per heavy atom. The molecule has 2 N–H and O–H groups in total. The van der Waals surface area contributed by atoms with Crippen molar-refractivity contribution in [1.29, 1.82) is 0 Å². The lowest BCUT2D eigenvalue weighted by molar-refractivity contribution is -0.137. The van der Waals surface area contributed by atoms with Gasteiger partial charge in [-0.2, -0.15) is 0 Å². The van der Waals surface area contributed by atoms with Crippen LogP contribution in [-0.4, -0.2) is 36.7 Å². The molecular weight excluding hydrogens is 210 g/mol. The first-order valence-corrected chi connectivity index (χ1v) is 5.74. The highest BCUT2D eigenvalue weighted by Gasteiger charge is 2.21. The molecule has 0 spiro atoms. The van der Waals surface area contributed by atoms with E-state index in [0.717, 1.165) is 0 Å². The van der Waals surface area contributed by atoms with Crippen LogP contribution in [0.4, 0.5) is 0 Å². The Labute approximate surface area is 95.2 Å². The highest BCUT2D eigenvalue weighted by molar-refractivity contribution is 5.77. The Bertz CT molecular complexity index is 238. The number of ether oxygens (including phenoxy) is 1. The van der Waals surface area contributed by atoms with Crippen LogP contribution in [0.25, 0.3) is 0 Å². The van der Waals surface area contributed by atoms with Gasteiger partial charge < -0.3 is 15.2 Å². The molecule has 0 saturated heterocycles. The van der Waals surface area contributed by atoms with Crippen molar-refractivity contribution in [3.63, 3.8) is 0 Å². The van der Waals surface area contributed by atoms with Gasteiger partial charge in [-0.05, 0) is 31.6 Å². The second-order valence-corrected chi connectivity index (χ2v) is 4.16. The molecule has 5 nitrogen and oxygen atoms in total. The fourth-order valence-electron chi connectivity index (χ4n) is 1.28. The Kier molecular flexibility index (Phi) is 5.85. The van der Waals surface area contributed by atoms with Crippen molar-refractivity contribution in [3.05, 3.63) is 0 Å². The normalized spacial score (nSPS) is 14.8. The van der Waals surface area contributed by atoms with Crippen molar-refractivity contribution in [2.24, 2.45) is 5.92 Å². The fraction of sp³-hybridized carbons (Fsp3) is 0.818. The molecule has 0 radical (unpaired) electrons. The van der Waals surface area contributed by atoms with Crippen molar-refractivity contribution in [3.8, 4) is 0 Å². The molecule has 0 unspecified atom stereocenters. The maximum Gasteiger partial charge on any atom is 0.303 e. The monoisotopic (exact) mass is 229 g/mol. The summed E-state index contributed by atoms with van der Waals surface area (Å²) in [5.41, 5.74) is 0. The van der Waals surface area contributed by atoms with Crippen molar-refractivity contribution in [2.45, 2.75) is 32.1 Å². The topological polar surface area (TPSA) is 75.6 Å². The van der Waals surface area contributed by atoms with Gasteiger partial charge >= 0.3 is 5.97 Å². The van der Waals surface area contributed by atoms with Crippen LogP contribution in [0.2, 0.25) is 0 Å². The van der Waals surface area contributed by atoms with E-state index in [4.69, 9.17) is 9.84 Å². The smallest absolute Gasteiger partial charge is 0.303 e. The highest BCUT2D eigenvalue weighted by Crippen LogP contribution is 2.28. The van der Waals surface area contributed by atoms with Gasteiger partial charge in [0.1, 0.15) is 6.61 Å². The lowest BCUT2D eigenvalue weighted by atomic mass is 10.2. The molecule has 1 saturated carbocycles. The quantitative estimate of drug-likeness (QED) is 0.573. The second kappa shape index (κ2) is 7.22. The van der Waals surface area contributed by atoms with Gasteiger partial charge in [0.15, 0.2) is 0 Å². The number of nitrogens with one attached hydrogen (secondary N) is 1. The van der Waals surface area contributed by atoms with Crippen LogP contribution in [0.5, 0.6) is 0 Å². The zero-order chi connectivity index (χ0) is 11.8. The van der Waals surface area contributed by atoms with Crippen LogP contribution in [0.15, 0.2) is 0 Å². The van der Waals surface area contributed by atoms with E-state index in [1.54, 1.807) is 0 Å². The van der Waals surface area contributed by atoms with Crippen LogP contribution >= 0.6 is 0 Å². The number of unbranched alkanes of at least 4 members (excludes halogenated alkanes) is 1. The summed E-state index contributed by atoms with van der Waals surface area (Å²) in [6.07, 6.45) is 3.89. The van der Waals surface area contributed by atoms with Crippen LogP contribution in [0.1, 0.15) is 32.1 Å². The first-order valence-electron chi connectivity index (χ1n) is 5.74. The fourth-order valence-corrected chi connectivity index (χ4v) is 1.28. The Morgan fingerprint density at radius 3 is 2.69 bits per heavy atom. The molecule has 1 aliphatic carbocycles. The summed E-state index contributed by atoms with van der Waals surface area (Å²) in [7, 11) is 0. The van der Waals surface area contributed by atoms with E-state index in [1.165, 1.54) is 12.8 Å². The molecule has 1 rings (SSSR count). The number of carboxylic acid groups (broad SMARTS) is 1. The summed E-state index contributed by atoms with van der Waals surface area (Å²) in [4.78, 5) is 21.4. The number of carboxylic acids is 1. The maximum absolute atomic E-state index is 11.2. The van der Waals surface area contributed by atoms with Crippen LogP contribution in [0.3, 0.4) is 0 Å². The maximum atomic E-state index is 11.2. The summed E-state index contributed by atoms with van der Waals surface area (Å²) in [6.45, 7) is 1.33. The third kappa shape index (κ3) is 7.23. The van der Waals surface area contributed by atoms with Crippen molar-refractivity contribution >= 4 is 11.9 Å². The molecule has 5 heteroatoms. The first-order chi connectivity index (χ1) is 7.68. The van der Waals surface area contributed by atoms with Crippen LogP contribution < -0.4 is 5.32 Å². The summed E-state index contributed by atoms with van der Waals surface area (Å²) in [6, 6.07) is 0. The van der Waals surface area contributed by atoms with E-state index >= 15 is 0 Å². The summed E-state index contributed by atoms with van der Waals surface area (Å²) >= 11 is 0. The predicted molar refractivity (Wildman–Crippen MR) is 58.0 cm³/mol. The Balaban J connectivity index is 1.83. The third-order valence-electron chi connectivity index (χ3n) is 2.42. The van der Waals surface area contributed by atoms with Gasteiger partial charge in [0, 0.05) is 13.0 Å². The van der Waals surface area contributed by atoms with E-state index in [9.17, 15) is 9.59 Å². The highest BCUT2D eigenvalue weighted by atomic mass is 16.5. The van der Waals surface area contributed by atoms with Gasteiger partial charge in [0.2, 0.25) is 5.91 Å². The van der Waals surface area contributed by atoms with E-state index in [1.807, 2.05) is 0 Å². The zero-order valence-corrected chi connectivity index (χ0v) is 9.41. The lowest BCUT2D eigenvalue weighted by Gasteiger charge is -2.05. The number of rotatable bonds is 9. The second-order valence-electron chi connectivity index (χ2n) is 4.16. The first kappa shape index (κ1) is 13.0. The number of aliphatic carboxylic acids is 1. The minimum Gasteiger partial charge on any atom is -0.481 e. The number of carbonyl (C=O) groups is 2. The molecule has 0 bridgehead atoms. The van der Waals surface area contributed by atoms with Gasteiger partial charge in [-0.1, -0.05) is 0 Å². The zero-order valence-electron chi connectivity index (χ0n) is 9.41. The largest absolute Gasteiger partial charge is 0.481 e. The average molecular weight is 229 g/mol. The molecule has 16 heavy (non-hydrogen) atoms. The molecule has 0 aromatic rings. The van der Waals surface area contributed by atoms with Gasteiger partial charge in [-0.15, -0.1) is 0 Å². The van der Waals surface area contributed by atoms with Gasteiger partial charge in [0.25, 0.3) is 0 Å². The van der Waals surface area contributed by atoms with E-state index in [0.29, 0.717) is 31.9 Å². The lowest BCUT2D eigenvalue weighted by Crippen LogP contribution is -2.28. The van der Waals surface area contributed by atoms with Gasteiger partial charge in [-0.25, -0.2) is 0 Å². The number of hydrogen-bond donors (Lipinski definition) is 2. The minimum absolute atomic E-state index is 0.115. The van der Waals surface area contributed by atoms with Crippen molar-refractivity contribution < 1.29 is 19.4 Å². The molecule has 0 heterocycles. The number of hydrogen-bond acceptors (Lipinski definition) is 3. The molecule has 0 aliphatic heterocycles. The van der Waals surface area contributed by atoms with Crippen LogP contribution in [0, 0.1) is 5.92 Å². The number of amides is 1. The summed E-state index contributed by atoms with van der Waals surface area (Å²) in [5, 5.41) is 11.1. The standard InChI is InChI=1S/C11H19NO4/c13-10(8-16-7-9-4-5-9)12-6-2-1-3-11(14)15/h9H,1-8H2,(H,12,13)(H,14,15). The molecule has 1 aliphatic rings. The summed E-state index contributed by atoms with van der Waals surface area (Å²) < 4.78 is 5.21.